The maximum absolute atomic E-state index is 3.74. The maximum Gasteiger partial charge on any atom is 0.0415 e. The Hall–Kier alpha value is -0.340. The van der Waals surface area contributed by atoms with Crippen LogP contribution >= 0.6 is 27.3 Å². The van der Waals surface area contributed by atoms with Crippen LogP contribution in [0.3, 0.4) is 0 Å². The van der Waals surface area contributed by atoms with Crippen LogP contribution in [0.4, 0.5) is 0 Å². The Morgan fingerprint density at radius 2 is 1.82 bits per heavy atom. The smallest absolute Gasteiger partial charge is 0.0415 e. The van der Waals surface area contributed by atoms with Gasteiger partial charge in [-0.3, -0.25) is 0 Å². The predicted molar refractivity (Wildman–Crippen MR) is 56.9 cm³/mol. The molecular weight excluding hydrogens is 220 g/mol. The van der Waals surface area contributed by atoms with Gasteiger partial charge in [0.15, 0.2) is 0 Å². The molecule has 58 valence electrons. The van der Waals surface area contributed by atoms with Crippen LogP contribution < -0.4 is 0 Å². The van der Waals surface area contributed by atoms with E-state index in [4.69, 9.17) is 0 Å². The van der Waals surface area contributed by atoms with E-state index in [0.29, 0.717) is 0 Å². The van der Waals surface area contributed by atoms with Gasteiger partial charge in [-0.05, 0) is 28.4 Å². The summed E-state index contributed by atoms with van der Waals surface area (Å²) in [5.74, 6) is 0. The van der Waals surface area contributed by atoms with Gasteiger partial charge in [-0.25, -0.2) is 0 Å². The molecule has 0 saturated heterocycles. The van der Waals surface area contributed by atoms with Gasteiger partial charge in [0.25, 0.3) is 0 Å². The summed E-state index contributed by atoms with van der Waals surface area (Å²) in [7, 11) is 0. The Balaban J connectivity index is 3.33. The second-order valence-corrected chi connectivity index (χ2v) is 4.05. The fraction of sp³-hybridized carbons (Fsp3) is 0.111. The molecule has 0 saturated carbocycles. The molecule has 0 radical (unpaired) electrons. The molecule has 1 heterocycles. The highest BCUT2D eigenvalue weighted by molar-refractivity contribution is 9.10. The molecule has 1 rings (SSSR count). The van der Waals surface area contributed by atoms with Gasteiger partial charge < -0.3 is 0 Å². The van der Waals surface area contributed by atoms with Crippen molar-refractivity contribution in [2.45, 2.75) is 6.92 Å². The molecule has 0 unspecified atom stereocenters. The van der Waals surface area contributed by atoms with Crippen molar-refractivity contribution in [1.29, 1.82) is 0 Å². The number of hydrogen-bond acceptors (Lipinski definition) is 1. The van der Waals surface area contributed by atoms with E-state index in [0.717, 1.165) is 4.47 Å². The summed E-state index contributed by atoms with van der Waals surface area (Å²) in [6.45, 7) is 9.54. The largest absolute Gasteiger partial charge is 0.135 e. The van der Waals surface area contributed by atoms with Crippen LogP contribution in [0.5, 0.6) is 0 Å². The lowest BCUT2D eigenvalue weighted by molar-refractivity contribution is 1.49. The average Bonchev–Trinajstić information content (AvgIpc) is 2.30. The Morgan fingerprint density at radius 3 is 2.09 bits per heavy atom. The van der Waals surface area contributed by atoms with E-state index in [1.165, 1.54) is 15.3 Å². The standard InChI is InChI=1S/C9H9BrS/c1-4-7-6(3)9(10)8(5-2)11-7/h4-5H,1-2H2,3H3. The third-order valence-corrected chi connectivity index (χ3v) is 4.07. The van der Waals surface area contributed by atoms with Gasteiger partial charge in [-0.2, -0.15) is 0 Å². The number of halogens is 1. The minimum absolute atomic E-state index is 1.15. The first kappa shape index (κ1) is 8.75. The zero-order chi connectivity index (χ0) is 8.43. The molecule has 0 nitrogen and oxygen atoms in total. The van der Waals surface area contributed by atoms with Crippen molar-refractivity contribution in [2.24, 2.45) is 0 Å². The van der Waals surface area contributed by atoms with Crippen LogP contribution in [0.15, 0.2) is 17.6 Å². The highest BCUT2D eigenvalue weighted by Crippen LogP contribution is 2.33. The Labute approximate surface area is 79.4 Å². The zero-order valence-electron chi connectivity index (χ0n) is 6.36. The second kappa shape index (κ2) is 3.37. The summed E-state index contributed by atoms with van der Waals surface area (Å²) in [6, 6.07) is 0. The normalized spacial score (nSPS) is 9.64. The Morgan fingerprint density at radius 1 is 1.27 bits per heavy atom. The van der Waals surface area contributed by atoms with Crippen LogP contribution in [0.2, 0.25) is 0 Å². The summed E-state index contributed by atoms with van der Waals surface area (Å²) < 4.78 is 1.15. The zero-order valence-corrected chi connectivity index (χ0v) is 8.76. The van der Waals surface area contributed by atoms with Crippen molar-refractivity contribution in [3.05, 3.63) is 32.9 Å². The molecule has 0 amide bonds. The van der Waals surface area contributed by atoms with E-state index in [9.17, 15) is 0 Å². The lowest BCUT2D eigenvalue weighted by Gasteiger charge is -1.88. The summed E-state index contributed by atoms with van der Waals surface area (Å²) >= 11 is 5.20. The van der Waals surface area contributed by atoms with E-state index >= 15 is 0 Å². The number of rotatable bonds is 2. The Bertz CT molecular complexity index is 268. The molecule has 2 heteroatoms. The van der Waals surface area contributed by atoms with Crippen molar-refractivity contribution in [3.63, 3.8) is 0 Å². The SMILES string of the molecule is C=Cc1sc(C=C)c(Br)c1C. The number of thiophene rings is 1. The molecular formula is C9H9BrS. The molecule has 0 bridgehead atoms. The van der Waals surface area contributed by atoms with E-state index in [1.54, 1.807) is 11.3 Å². The monoisotopic (exact) mass is 228 g/mol. The summed E-state index contributed by atoms with van der Waals surface area (Å²) in [4.78, 5) is 2.39. The first-order valence-electron chi connectivity index (χ1n) is 3.24. The molecule has 0 aliphatic carbocycles. The van der Waals surface area contributed by atoms with Gasteiger partial charge in [0.1, 0.15) is 0 Å². The number of hydrogen-bond donors (Lipinski definition) is 0. The lowest BCUT2D eigenvalue weighted by atomic mass is 10.2. The minimum Gasteiger partial charge on any atom is -0.135 e. The molecule has 0 aliphatic rings. The van der Waals surface area contributed by atoms with Crippen LogP contribution in [0, 0.1) is 6.92 Å². The molecule has 0 aliphatic heterocycles. The van der Waals surface area contributed by atoms with Crippen LogP contribution in [0.25, 0.3) is 12.2 Å². The van der Waals surface area contributed by atoms with E-state index in [1.807, 2.05) is 12.2 Å². The Kier molecular flexibility index (Phi) is 2.68. The van der Waals surface area contributed by atoms with Gasteiger partial charge in [0.2, 0.25) is 0 Å². The summed E-state index contributed by atoms with van der Waals surface area (Å²) in [6.07, 6.45) is 3.73. The van der Waals surface area contributed by atoms with Crippen molar-refractivity contribution in [3.8, 4) is 0 Å². The fourth-order valence-corrected chi connectivity index (χ4v) is 2.51. The first-order valence-corrected chi connectivity index (χ1v) is 4.85. The first-order chi connectivity index (χ1) is 5.20. The van der Waals surface area contributed by atoms with Gasteiger partial charge in [0.05, 0.1) is 0 Å². The molecule has 0 atom stereocenters. The fourth-order valence-electron chi connectivity index (χ4n) is 0.859. The van der Waals surface area contributed by atoms with Crippen molar-refractivity contribution in [2.75, 3.05) is 0 Å². The van der Waals surface area contributed by atoms with Gasteiger partial charge in [-0.1, -0.05) is 25.3 Å². The van der Waals surface area contributed by atoms with Crippen LogP contribution in [-0.2, 0) is 0 Å². The van der Waals surface area contributed by atoms with Gasteiger partial charge >= 0.3 is 0 Å². The van der Waals surface area contributed by atoms with E-state index in [2.05, 4.69) is 36.0 Å². The third kappa shape index (κ3) is 1.47. The van der Waals surface area contributed by atoms with E-state index in [-0.39, 0.29) is 0 Å². The highest BCUT2D eigenvalue weighted by atomic mass is 79.9. The van der Waals surface area contributed by atoms with Crippen LogP contribution in [0.1, 0.15) is 15.3 Å². The minimum atomic E-state index is 1.15. The molecule has 1 aromatic rings. The lowest BCUT2D eigenvalue weighted by Crippen LogP contribution is -1.68. The van der Waals surface area contributed by atoms with E-state index < -0.39 is 0 Å². The summed E-state index contributed by atoms with van der Waals surface area (Å²) in [5.41, 5.74) is 1.25. The quantitative estimate of drug-likeness (QED) is 0.716. The van der Waals surface area contributed by atoms with Crippen molar-refractivity contribution in [1.82, 2.24) is 0 Å². The van der Waals surface area contributed by atoms with Gasteiger partial charge in [0, 0.05) is 14.2 Å². The van der Waals surface area contributed by atoms with Crippen molar-refractivity contribution >= 4 is 39.4 Å². The molecule has 0 N–H and O–H groups in total. The van der Waals surface area contributed by atoms with Crippen LogP contribution in [-0.4, -0.2) is 0 Å². The second-order valence-electron chi connectivity index (χ2n) is 2.18. The maximum atomic E-state index is 3.74. The highest BCUT2D eigenvalue weighted by Gasteiger charge is 2.06. The molecule has 0 spiro atoms. The molecule has 0 aromatic carbocycles. The van der Waals surface area contributed by atoms with Gasteiger partial charge in [-0.15, -0.1) is 11.3 Å². The molecule has 11 heavy (non-hydrogen) atoms. The molecule has 1 aromatic heterocycles. The topological polar surface area (TPSA) is 0 Å². The predicted octanol–water partition coefficient (Wildman–Crippen LogP) is 4.11. The third-order valence-electron chi connectivity index (χ3n) is 1.51. The van der Waals surface area contributed by atoms with Crippen molar-refractivity contribution < 1.29 is 0 Å². The average molecular weight is 229 g/mol. The summed E-state index contributed by atoms with van der Waals surface area (Å²) in [5, 5.41) is 0. The molecule has 0 fully saturated rings.